The molecule has 0 spiro atoms. The van der Waals surface area contributed by atoms with Crippen LogP contribution >= 0.6 is 11.3 Å². The van der Waals surface area contributed by atoms with Crippen LogP contribution in [0.5, 0.6) is 0 Å². The molecule has 0 saturated heterocycles. The Morgan fingerprint density at radius 3 is 2.89 bits per heavy atom. The van der Waals surface area contributed by atoms with Crippen molar-refractivity contribution in [2.24, 2.45) is 0 Å². The molecule has 0 aliphatic carbocycles. The lowest BCUT2D eigenvalue weighted by Gasteiger charge is -2.13. The Kier molecular flexibility index (Phi) is 3.57. The van der Waals surface area contributed by atoms with Crippen LogP contribution in [-0.4, -0.2) is 16.1 Å². The fourth-order valence-corrected chi connectivity index (χ4v) is 2.15. The highest BCUT2D eigenvalue weighted by Crippen LogP contribution is 2.23. The second-order valence-electron chi connectivity index (χ2n) is 3.74. The van der Waals surface area contributed by atoms with Crippen molar-refractivity contribution >= 4 is 23.0 Å². The summed E-state index contributed by atoms with van der Waals surface area (Å²) in [5.41, 5.74) is 0.197. The summed E-state index contributed by atoms with van der Waals surface area (Å²) in [6.45, 7) is 1.86. The first kappa shape index (κ1) is 12.5. The van der Waals surface area contributed by atoms with Crippen LogP contribution < -0.4 is 5.32 Å². The monoisotopic (exact) mass is 266 g/mol. The summed E-state index contributed by atoms with van der Waals surface area (Å²) in [4.78, 5) is 14.8. The third kappa shape index (κ3) is 2.65. The molecule has 1 aromatic heterocycles. The number of aromatic carboxylic acids is 1. The van der Waals surface area contributed by atoms with Crippen LogP contribution in [0.3, 0.4) is 0 Å². The van der Waals surface area contributed by atoms with E-state index in [1.807, 2.05) is 12.3 Å². The molecule has 94 valence electrons. The van der Waals surface area contributed by atoms with Gasteiger partial charge in [0.2, 0.25) is 0 Å². The van der Waals surface area contributed by atoms with E-state index in [1.165, 1.54) is 23.5 Å². The van der Waals surface area contributed by atoms with E-state index >= 15 is 0 Å². The Balaban J connectivity index is 2.17. The molecule has 0 saturated carbocycles. The van der Waals surface area contributed by atoms with Crippen molar-refractivity contribution in [1.29, 1.82) is 0 Å². The Morgan fingerprint density at radius 1 is 1.56 bits per heavy atom. The molecule has 1 heterocycles. The summed E-state index contributed by atoms with van der Waals surface area (Å²) in [5.74, 6) is -1.73. The highest BCUT2D eigenvalue weighted by molar-refractivity contribution is 7.09. The highest BCUT2D eigenvalue weighted by Gasteiger charge is 2.12. The molecule has 0 aliphatic heterocycles. The normalized spacial score (nSPS) is 12.1. The number of anilines is 1. The fraction of sp³-hybridized carbons (Fsp3) is 0.167. The molecule has 6 heteroatoms. The van der Waals surface area contributed by atoms with E-state index < -0.39 is 11.8 Å². The summed E-state index contributed by atoms with van der Waals surface area (Å²) < 4.78 is 13.7. The standard InChI is InChI=1S/C12H11FN2O2S/c1-7(11-14-4-5-18-11)15-10-3-2-8(12(16)17)6-9(10)13/h2-7,15H,1H3,(H,16,17). The van der Waals surface area contributed by atoms with E-state index in [4.69, 9.17) is 5.11 Å². The quantitative estimate of drug-likeness (QED) is 0.892. The van der Waals surface area contributed by atoms with Crippen LogP contribution in [0.1, 0.15) is 28.3 Å². The minimum atomic E-state index is -1.14. The number of thiazole rings is 1. The molecular formula is C12H11FN2O2S. The molecule has 0 bridgehead atoms. The number of carboxylic acid groups (broad SMARTS) is 1. The van der Waals surface area contributed by atoms with Crippen molar-refractivity contribution in [3.05, 3.63) is 46.2 Å². The molecular weight excluding hydrogens is 255 g/mol. The number of benzene rings is 1. The Hall–Kier alpha value is -1.95. The highest BCUT2D eigenvalue weighted by atomic mass is 32.1. The largest absolute Gasteiger partial charge is 0.478 e. The molecule has 0 fully saturated rings. The average molecular weight is 266 g/mol. The predicted octanol–water partition coefficient (Wildman–Crippen LogP) is 3.15. The molecule has 0 radical (unpaired) electrons. The molecule has 2 rings (SSSR count). The maximum atomic E-state index is 13.7. The van der Waals surface area contributed by atoms with Crippen LogP contribution in [0.4, 0.5) is 10.1 Å². The fourth-order valence-electron chi connectivity index (χ4n) is 1.51. The molecule has 4 nitrogen and oxygen atoms in total. The van der Waals surface area contributed by atoms with Crippen molar-refractivity contribution in [1.82, 2.24) is 4.98 Å². The van der Waals surface area contributed by atoms with E-state index in [9.17, 15) is 9.18 Å². The summed E-state index contributed by atoms with van der Waals surface area (Å²) in [6, 6.07) is 3.65. The molecule has 0 amide bonds. The SMILES string of the molecule is CC(Nc1ccc(C(=O)O)cc1F)c1nccs1. The van der Waals surface area contributed by atoms with Gasteiger partial charge in [0.1, 0.15) is 10.8 Å². The molecule has 2 aromatic rings. The minimum Gasteiger partial charge on any atom is -0.478 e. The van der Waals surface area contributed by atoms with Crippen LogP contribution in [0, 0.1) is 5.82 Å². The van der Waals surface area contributed by atoms with Gasteiger partial charge in [0, 0.05) is 11.6 Å². The van der Waals surface area contributed by atoms with Gasteiger partial charge < -0.3 is 10.4 Å². The van der Waals surface area contributed by atoms with Crippen LogP contribution in [0.15, 0.2) is 29.8 Å². The van der Waals surface area contributed by atoms with Gasteiger partial charge in [-0.2, -0.15) is 0 Å². The van der Waals surface area contributed by atoms with Gasteiger partial charge in [-0.25, -0.2) is 14.2 Å². The summed E-state index contributed by atoms with van der Waals surface area (Å²) >= 11 is 1.47. The zero-order valence-corrected chi connectivity index (χ0v) is 10.4. The number of halogens is 1. The Morgan fingerprint density at radius 2 is 2.33 bits per heavy atom. The summed E-state index contributed by atoms with van der Waals surface area (Å²) in [6.07, 6.45) is 1.68. The van der Waals surface area contributed by atoms with Crippen molar-refractivity contribution in [3.63, 3.8) is 0 Å². The number of aromatic nitrogens is 1. The Labute approximate surface area is 107 Å². The van der Waals surface area contributed by atoms with Crippen molar-refractivity contribution in [2.75, 3.05) is 5.32 Å². The second-order valence-corrected chi connectivity index (χ2v) is 4.66. The zero-order chi connectivity index (χ0) is 13.1. The first-order chi connectivity index (χ1) is 8.58. The number of nitrogens with zero attached hydrogens (tertiary/aromatic N) is 1. The molecule has 2 N–H and O–H groups in total. The second kappa shape index (κ2) is 5.14. The van der Waals surface area contributed by atoms with Crippen molar-refractivity contribution in [2.45, 2.75) is 13.0 Å². The average Bonchev–Trinajstić information content (AvgIpc) is 2.85. The van der Waals surface area contributed by atoms with Gasteiger partial charge in [-0.15, -0.1) is 11.3 Å². The molecule has 1 unspecified atom stereocenters. The number of carboxylic acids is 1. The maximum absolute atomic E-state index is 13.7. The van der Waals surface area contributed by atoms with Gasteiger partial charge in [-0.1, -0.05) is 0 Å². The van der Waals surface area contributed by atoms with E-state index in [-0.39, 0.29) is 17.3 Å². The number of hydrogen-bond acceptors (Lipinski definition) is 4. The minimum absolute atomic E-state index is 0.0695. The van der Waals surface area contributed by atoms with Gasteiger partial charge in [-0.05, 0) is 25.1 Å². The summed E-state index contributed by atoms with van der Waals surface area (Å²) in [5, 5.41) is 14.4. The van der Waals surface area contributed by atoms with E-state index in [2.05, 4.69) is 10.3 Å². The van der Waals surface area contributed by atoms with Gasteiger partial charge in [-0.3, -0.25) is 0 Å². The number of nitrogens with one attached hydrogen (secondary N) is 1. The predicted molar refractivity (Wildman–Crippen MR) is 67.5 cm³/mol. The number of rotatable bonds is 4. The smallest absolute Gasteiger partial charge is 0.335 e. The van der Waals surface area contributed by atoms with Crippen LogP contribution in [-0.2, 0) is 0 Å². The third-order valence-electron chi connectivity index (χ3n) is 2.41. The number of hydrogen-bond donors (Lipinski definition) is 2. The van der Waals surface area contributed by atoms with Gasteiger partial charge in [0.25, 0.3) is 0 Å². The lowest BCUT2D eigenvalue weighted by Crippen LogP contribution is -2.08. The first-order valence-corrected chi connectivity index (χ1v) is 6.14. The van der Waals surface area contributed by atoms with Gasteiger partial charge in [0.05, 0.1) is 17.3 Å². The molecule has 1 atom stereocenters. The number of carbonyl (C=O) groups is 1. The van der Waals surface area contributed by atoms with Crippen molar-refractivity contribution < 1.29 is 14.3 Å². The lowest BCUT2D eigenvalue weighted by atomic mass is 10.2. The Bertz CT molecular complexity index is 557. The van der Waals surface area contributed by atoms with E-state index in [0.717, 1.165) is 11.1 Å². The third-order valence-corrected chi connectivity index (χ3v) is 3.37. The zero-order valence-electron chi connectivity index (χ0n) is 9.55. The molecule has 1 aromatic carbocycles. The topological polar surface area (TPSA) is 62.2 Å². The van der Waals surface area contributed by atoms with E-state index in [0.29, 0.717) is 0 Å². The molecule has 18 heavy (non-hydrogen) atoms. The van der Waals surface area contributed by atoms with Gasteiger partial charge >= 0.3 is 5.97 Å². The van der Waals surface area contributed by atoms with E-state index in [1.54, 1.807) is 6.20 Å². The first-order valence-electron chi connectivity index (χ1n) is 5.26. The molecule has 0 aliphatic rings. The van der Waals surface area contributed by atoms with Crippen LogP contribution in [0.2, 0.25) is 0 Å². The summed E-state index contributed by atoms with van der Waals surface area (Å²) in [7, 11) is 0. The lowest BCUT2D eigenvalue weighted by molar-refractivity contribution is 0.0696. The van der Waals surface area contributed by atoms with Crippen LogP contribution in [0.25, 0.3) is 0 Å². The maximum Gasteiger partial charge on any atom is 0.335 e. The van der Waals surface area contributed by atoms with Gasteiger partial charge in [0.15, 0.2) is 0 Å². The van der Waals surface area contributed by atoms with Crippen molar-refractivity contribution in [3.8, 4) is 0 Å².